The smallest absolute Gasteiger partial charge is 0.407 e. The van der Waals surface area contributed by atoms with E-state index in [4.69, 9.17) is 20.7 Å². The van der Waals surface area contributed by atoms with Gasteiger partial charge in [-0.15, -0.1) is 0 Å². The molecule has 0 saturated heterocycles. The van der Waals surface area contributed by atoms with Crippen LogP contribution in [0.2, 0.25) is 0 Å². The van der Waals surface area contributed by atoms with Crippen molar-refractivity contribution < 1.29 is 19.1 Å². The molecule has 12 heteroatoms. The highest BCUT2D eigenvalue weighted by Crippen LogP contribution is 2.21. The van der Waals surface area contributed by atoms with Gasteiger partial charge < -0.3 is 35.9 Å². The molecule has 1 heterocycles. The van der Waals surface area contributed by atoms with Crippen molar-refractivity contribution in [3.63, 3.8) is 0 Å². The van der Waals surface area contributed by atoms with Gasteiger partial charge >= 0.3 is 6.09 Å². The molecule has 236 valence electrons. The predicted molar refractivity (Wildman–Crippen MR) is 174 cm³/mol. The Bertz CT molecular complexity index is 1630. The predicted octanol–water partition coefficient (Wildman–Crippen LogP) is 4.07. The fourth-order valence-electron chi connectivity index (χ4n) is 4.22. The Hall–Kier alpha value is -5.57. The zero-order valence-corrected chi connectivity index (χ0v) is 26.1. The first kappa shape index (κ1) is 33.9. The van der Waals surface area contributed by atoms with E-state index in [1.54, 1.807) is 63.3 Å². The molecule has 0 radical (unpaired) electrons. The SMILES string of the molecule is C=C(/C=C\C=C/N)N(CCC(=O)NCCNC(=O)OC(C)(C)C)C(=O)c1ccc2c(c1)nc(CNc1ccc(C#N)cc1)n2C. The number of carbonyl (C=O) groups excluding carboxylic acids is 3. The lowest BCUT2D eigenvalue weighted by Gasteiger charge is -2.23. The molecule has 12 nitrogen and oxygen atoms in total. The normalized spacial score (nSPS) is 11.4. The number of rotatable bonds is 13. The maximum atomic E-state index is 13.7. The molecule has 3 rings (SSSR count). The Labute approximate surface area is 263 Å². The molecule has 0 aliphatic carbocycles. The molecule has 45 heavy (non-hydrogen) atoms. The maximum absolute atomic E-state index is 13.7. The van der Waals surface area contributed by atoms with Crippen molar-refractivity contribution in [1.82, 2.24) is 25.1 Å². The lowest BCUT2D eigenvalue weighted by Crippen LogP contribution is -2.39. The number of amides is 3. The second-order valence-electron chi connectivity index (χ2n) is 11.1. The van der Waals surface area contributed by atoms with E-state index in [1.807, 2.05) is 29.8 Å². The van der Waals surface area contributed by atoms with Crippen LogP contribution in [0.25, 0.3) is 11.0 Å². The second-order valence-corrected chi connectivity index (χ2v) is 11.1. The van der Waals surface area contributed by atoms with Crippen molar-refractivity contribution in [2.24, 2.45) is 12.8 Å². The minimum atomic E-state index is -0.617. The number of hydrogen-bond acceptors (Lipinski definition) is 8. The monoisotopic (exact) mass is 612 g/mol. The number of nitrogens with one attached hydrogen (secondary N) is 3. The van der Waals surface area contributed by atoms with Crippen molar-refractivity contribution in [3.05, 3.63) is 96.1 Å². The number of nitrogens with zero attached hydrogens (tertiary/aromatic N) is 4. The summed E-state index contributed by atoms with van der Waals surface area (Å²) < 4.78 is 7.12. The Morgan fingerprint density at radius 3 is 2.49 bits per heavy atom. The molecule has 0 spiro atoms. The number of carbonyl (C=O) groups is 3. The van der Waals surface area contributed by atoms with E-state index in [0.29, 0.717) is 28.9 Å². The van der Waals surface area contributed by atoms with Crippen molar-refractivity contribution in [1.29, 1.82) is 5.26 Å². The molecule has 0 fully saturated rings. The third-order valence-electron chi connectivity index (χ3n) is 6.47. The summed E-state index contributed by atoms with van der Waals surface area (Å²) in [6.07, 6.45) is 5.69. The van der Waals surface area contributed by atoms with Crippen LogP contribution in [0, 0.1) is 11.3 Å². The fraction of sp³-hybridized carbons (Fsp3) is 0.303. The van der Waals surface area contributed by atoms with Crippen molar-refractivity contribution in [2.75, 3.05) is 25.0 Å². The number of alkyl carbamates (subject to hydrolysis) is 1. The van der Waals surface area contributed by atoms with Gasteiger partial charge in [-0.1, -0.05) is 12.7 Å². The Kier molecular flexibility index (Phi) is 11.9. The number of aryl methyl sites for hydroxylation is 1. The number of fused-ring (bicyclic) bond motifs is 1. The van der Waals surface area contributed by atoms with Gasteiger partial charge in [-0.3, -0.25) is 9.59 Å². The van der Waals surface area contributed by atoms with E-state index >= 15 is 0 Å². The molecule has 5 N–H and O–H groups in total. The molecular weight excluding hydrogens is 572 g/mol. The van der Waals surface area contributed by atoms with Crippen LogP contribution in [0.15, 0.2) is 79.2 Å². The van der Waals surface area contributed by atoms with Crippen molar-refractivity contribution in [3.8, 4) is 6.07 Å². The number of imidazole rings is 1. The Morgan fingerprint density at radius 2 is 1.82 bits per heavy atom. The first-order valence-electron chi connectivity index (χ1n) is 14.4. The Morgan fingerprint density at radius 1 is 1.11 bits per heavy atom. The molecule has 3 amide bonds. The van der Waals surface area contributed by atoms with E-state index in [9.17, 15) is 14.4 Å². The molecule has 0 aliphatic rings. The van der Waals surface area contributed by atoms with Crippen LogP contribution in [0.1, 0.15) is 48.9 Å². The number of allylic oxidation sites excluding steroid dienone is 3. The first-order chi connectivity index (χ1) is 21.4. The number of ether oxygens (including phenoxy) is 1. The Balaban J connectivity index is 1.68. The van der Waals surface area contributed by atoms with Crippen molar-refractivity contribution >= 4 is 34.6 Å². The van der Waals surface area contributed by atoms with Gasteiger partial charge in [0.05, 0.1) is 29.2 Å². The molecular formula is C33H40N8O4. The van der Waals surface area contributed by atoms with Crippen LogP contribution < -0.4 is 21.7 Å². The third kappa shape index (κ3) is 10.3. The quantitative estimate of drug-likeness (QED) is 0.166. The standard InChI is InChI=1S/C33H40N8O4/c1-23(8-6-7-16-34)41(19-15-30(42)36-17-18-37-32(44)45-33(2,3)4)31(43)25-11-14-28-27(20-25)39-29(40(28)5)22-38-26-12-9-24(21-35)10-13-26/h6-14,16,20,38H,1,15,17-19,22,34H2,2-5H3,(H,36,42)(H,37,44)/b8-6-,16-7-. The summed E-state index contributed by atoms with van der Waals surface area (Å²) in [7, 11) is 1.90. The van der Waals surface area contributed by atoms with Crippen LogP contribution >= 0.6 is 0 Å². The number of nitriles is 1. The van der Waals surface area contributed by atoms with Crippen molar-refractivity contribution in [2.45, 2.75) is 39.3 Å². The topological polar surface area (TPSA) is 167 Å². The summed E-state index contributed by atoms with van der Waals surface area (Å²) >= 11 is 0. The van der Waals surface area contributed by atoms with Gasteiger partial charge in [0.25, 0.3) is 5.91 Å². The summed E-state index contributed by atoms with van der Waals surface area (Å²) in [5, 5.41) is 17.6. The van der Waals surface area contributed by atoms with Gasteiger partial charge in [0.2, 0.25) is 5.91 Å². The molecule has 0 aliphatic heterocycles. The fourth-order valence-corrected chi connectivity index (χ4v) is 4.22. The lowest BCUT2D eigenvalue weighted by atomic mass is 10.1. The second kappa shape index (κ2) is 15.8. The largest absolute Gasteiger partial charge is 0.444 e. The molecule has 0 unspecified atom stereocenters. The van der Waals surface area contributed by atoms with E-state index in [-0.39, 0.29) is 37.9 Å². The van der Waals surface area contributed by atoms with Crippen LogP contribution in [0.5, 0.6) is 0 Å². The summed E-state index contributed by atoms with van der Waals surface area (Å²) in [4.78, 5) is 44.2. The van der Waals surface area contributed by atoms with E-state index in [2.05, 4.69) is 28.6 Å². The van der Waals surface area contributed by atoms with E-state index in [1.165, 1.54) is 11.1 Å². The van der Waals surface area contributed by atoms with Gasteiger partial charge in [0.1, 0.15) is 11.4 Å². The zero-order valence-electron chi connectivity index (χ0n) is 26.1. The minimum absolute atomic E-state index is 0.00869. The molecule has 1 aromatic heterocycles. The number of aromatic nitrogens is 2. The minimum Gasteiger partial charge on any atom is -0.444 e. The van der Waals surface area contributed by atoms with Crippen LogP contribution in [0.3, 0.4) is 0 Å². The van der Waals surface area contributed by atoms with Gasteiger partial charge in [-0.05, 0) is 81.6 Å². The molecule has 2 aromatic carbocycles. The highest BCUT2D eigenvalue weighted by atomic mass is 16.6. The zero-order chi connectivity index (χ0) is 33.0. The lowest BCUT2D eigenvalue weighted by molar-refractivity contribution is -0.121. The molecule has 0 bridgehead atoms. The molecule has 0 atom stereocenters. The molecule has 3 aromatic rings. The van der Waals surface area contributed by atoms with Gasteiger partial charge in [-0.25, -0.2) is 9.78 Å². The molecule has 0 saturated carbocycles. The van der Waals surface area contributed by atoms with Gasteiger partial charge in [0, 0.05) is 50.1 Å². The number of hydrogen-bond donors (Lipinski definition) is 4. The number of benzene rings is 2. The highest BCUT2D eigenvalue weighted by Gasteiger charge is 2.21. The average molecular weight is 613 g/mol. The van der Waals surface area contributed by atoms with Crippen LogP contribution in [0.4, 0.5) is 10.5 Å². The van der Waals surface area contributed by atoms with Crippen LogP contribution in [-0.2, 0) is 23.1 Å². The maximum Gasteiger partial charge on any atom is 0.407 e. The number of nitrogens with two attached hydrogens (primary N) is 1. The van der Waals surface area contributed by atoms with E-state index in [0.717, 1.165) is 17.0 Å². The summed E-state index contributed by atoms with van der Waals surface area (Å²) in [5.41, 5.74) is 8.50. The average Bonchev–Trinajstić information content (AvgIpc) is 3.32. The van der Waals surface area contributed by atoms with Gasteiger partial charge in [0.15, 0.2) is 0 Å². The summed E-state index contributed by atoms with van der Waals surface area (Å²) in [6.45, 7) is 10.2. The number of anilines is 1. The first-order valence-corrected chi connectivity index (χ1v) is 14.4. The summed E-state index contributed by atoms with van der Waals surface area (Å²) in [5.74, 6) is 0.122. The highest BCUT2D eigenvalue weighted by molar-refractivity contribution is 5.98. The summed E-state index contributed by atoms with van der Waals surface area (Å²) in [6, 6.07) is 14.5. The third-order valence-corrected chi connectivity index (χ3v) is 6.47. The van der Waals surface area contributed by atoms with Gasteiger partial charge in [-0.2, -0.15) is 5.26 Å². The van der Waals surface area contributed by atoms with Crippen LogP contribution in [-0.4, -0.2) is 57.6 Å². The van der Waals surface area contributed by atoms with E-state index < -0.39 is 11.7 Å².